The number of rotatable bonds is 17. The number of ether oxygens (including phenoxy) is 14. The zero-order valence-electron chi connectivity index (χ0n) is 60.2. The van der Waals surface area contributed by atoms with Gasteiger partial charge in [-0.1, -0.05) is 60.1 Å². The highest BCUT2D eigenvalue weighted by Crippen LogP contribution is 2.76. The van der Waals surface area contributed by atoms with Crippen molar-refractivity contribution < 1.29 is 168 Å². The highest BCUT2D eigenvalue weighted by atomic mass is 16.8. The van der Waals surface area contributed by atoms with E-state index in [0.29, 0.717) is 51.4 Å². The van der Waals surface area contributed by atoms with Crippen molar-refractivity contribution in [2.75, 3.05) is 33.0 Å². The number of esters is 1. The summed E-state index contributed by atoms with van der Waals surface area (Å²) in [7, 11) is 0. The summed E-state index contributed by atoms with van der Waals surface area (Å²) in [6, 6.07) is 0. The fourth-order valence-corrected chi connectivity index (χ4v) is 20.2. The number of aliphatic hydroxyl groups excluding tert-OH is 19. The Morgan fingerprint density at radius 2 is 1.01 bits per heavy atom. The molecule has 598 valence electrons. The number of aliphatic hydroxyl groups is 19. The topological polar surface area (TPSA) is 531 Å². The van der Waals surface area contributed by atoms with E-state index in [4.69, 9.17) is 66.3 Å². The lowest BCUT2D eigenvalue weighted by molar-refractivity contribution is -0.388. The third-order valence-corrected chi connectivity index (χ3v) is 26.9. The molecule has 0 amide bonds. The molecule has 11 fully saturated rings. The number of fused-ring (bicyclic) bond motifs is 7. The van der Waals surface area contributed by atoms with Crippen LogP contribution in [0, 0.1) is 50.2 Å². The van der Waals surface area contributed by atoms with Gasteiger partial charge in [0.15, 0.2) is 37.7 Å². The Kier molecular flexibility index (Phi) is 24.1. The van der Waals surface area contributed by atoms with E-state index < -0.39 is 264 Å². The van der Waals surface area contributed by atoms with Crippen LogP contribution in [0.25, 0.3) is 0 Å². The maximum atomic E-state index is 15.4. The standard InChI is InChI=1S/C70H114O34/c1-26-38(74)44(80)49(85)59(94-26)101-54-32(22-72)97-57(52(88)47(54)83)92-24-33-42(78)46(82)51(87)61(98-33)104-64(90)70-18-16-65(3,4)20-29(70)28-10-11-36-67(7)14-13-37(66(5,6)35(67)12-15-69(36,9)68(28,8)17-19-70)100-63-56(43(79)34(25-93-63)99-60-50(86)45(81)41(77)31(21-71)96-60)103-62-53(89)55(39(75)27(2)95-62)102-58-48(84)40(76)30(73)23-91-58/h10,26-27,29-63,71-89H,11-25H2,1-9H3/t26-,27-,29-,30+,31+,32+,33+,34-,35-,36+,37-,38-,39-,40+,41+,42+,43-,44+,45-,46-,47+,48+,49+,50+,51+,52+,53+,54+,55+,56+,57+,58-,59-,60-,61-,62-,63-,67-,68+,69+,70-/m0/s1. The molecule has 5 aliphatic carbocycles. The predicted molar refractivity (Wildman–Crippen MR) is 346 cm³/mol. The number of hydrogen-bond donors (Lipinski definition) is 19. The van der Waals surface area contributed by atoms with Crippen LogP contribution in [-0.4, -0.2) is 345 Å². The number of hydrogen-bond acceptors (Lipinski definition) is 34. The average molecular weight is 1500 g/mol. The second-order valence-corrected chi connectivity index (χ2v) is 33.8. The SMILES string of the molecule is C[C@@H]1O[C@@H](O[C@H]2[C@H](O)[C@@H](O)[C@H](OC[C@H]3O[C@@H](OC(=O)[C@]45CCC(C)(C)C[C@H]4C4=CC[C@@H]6[C@@]7(C)CC[C@H](O[C@@H]8OC[C@H](O[C@@H]9O[C@H](CO)[C@@H](O)[C@H](O)[C@H]9O)[C@H](O)[C@H]8O[C@@H]8O[C@@H](C)[C@H](O)[C@@H](O[C@@H]9OC[C@@H](O)[C@@H](O)[C@H]9O)[C@H]8O)C(C)(C)[C@@H]7CC[C@@]6(C)[C@]4(C)CC5)[C@H](O)[C@@H](O)[C@@H]3O)O[C@@H]2CO)[C@H](O)[C@H](O)[C@H]1O. The van der Waals surface area contributed by atoms with E-state index in [-0.39, 0.29) is 34.0 Å². The highest BCUT2D eigenvalue weighted by molar-refractivity contribution is 5.79. The van der Waals surface area contributed by atoms with E-state index in [1.165, 1.54) is 13.8 Å². The van der Waals surface area contributed by atoms with Gasteiger partial charge in [-0.3, -0.25) is 4.79 Å². The molecule has 0 unspecified atom stereocenters. The van der Waals surface area contributed by atoms with Gasteiger partial charge in [0.2, 0.25) is 6.29 Å². The molecule has 7 saturated heterocycles. The first-order valence-electron chi connectivity index (χ1n) is 36.9. The molecule has 7 aliphatic heterocycles. The van der Waals surface area contributed by atoms with Gasteiger partial charge in [0, 0.05) is 0 Å². The minimum Gasteiger partial charge on any atom is -0.432 e. The molecule has 19 N–H and O–H groups in total. The predicted octanol–water partition coefficient (Wildman–Crippen LogP) is -5.23. The summed E-state index contributed by atoms with van der Waals surface area (Å²) in [5.41, 5.74) is -1.86. The maximum absolute atomic E-state index is 15.4. The Morgan fingerprint density at radius 1 is 0.462 bits per heavy atom. The molecule has 12 aliphatic rings. The lowest BCUT2D eigenvalue weighted by Crippen LogP contribution is -2.67. The first-order chi connectivity index (χ1) is 48.8. The van der Waals surface area contributed by atoms with Crippen LogP contribution >= 0.6 is 0 Å². The number of allylic oxidation sites excluding steroid dienone is 2. The molecule has 7 heterocycles. The Hall–Kier alpha value is -2.07. The van der Waals surface area contributed by atoms with Gasteiger partial charge in [-0.05, 0) is 123 Å². The second kappa shape index (κ2) is 30.8. The van der Waals surface area contributed by atoms with Crippen LogP contribution in [0.15, 0.2) is 11.6 Å². The van der Waals surface area contributed by atoms with Crippen molar-refractivity contribution in [3.8, 4) is 0 Å². The van der Waals surface area contributed by atoms with Crippen molar-refractivity contribution in [2.24, 2.45) is 50.2 Å². The van der Waals surface area contributed by atoms with Crippen LogP contribution in [0.5, 0.6) is 0 Å². The van der Waals surface area contributed by atoms with Gasteiger partial charge in [-0.25, -0.2) is 0 Å². The Morgan fingerprint density at radius 3 is 1.68 bits per heavy atom. The Labute approximate surface area is 602 Å². The van der Waals surface area contributed by atoms with E-state index >= 15 is 4.79 Å². The zero-order chi connectivity index (χ0) is 75.7. The molecule has 104 heavy (non-hydrogen) atoms. The normalized spacial score (nSPS) is 54.7. The van der Waals surface area contributed by atoms with Crippen molar-refractivity contribution in [1.82, 2.24) is 0 Å². The van der Waals surface area contributed by atoms with E-state index in [0.717, 1.165) is 18.4 Å². The summed E-state index contributed by atoms with van der Waals surface area (Å²) < 4.78 is 84.1. The summed E-state index contributed by atoms with van der Waals surface area (Å²) in [4.78, 5) is 15.4. The third kappa shape index (κ3) is 14.3. The third-order valence-electron chi connectivity index (χ3n) is 26.9. The van der Waals surface area contributed by atoms with Gasteiger partial charge in [-0.2, -0.15) is 0 Å². The quantitative estimate of drug-likeness (QED) is 0.0368. The lowest BCUT2D eigenvalue weighted by Gasteiger charge is -2.71. The van der Waals surface area contributed by atoms with Gasteiger partial charge >= 0.3 is 5.97 Å². The van der Waals surface area contributed by atoms with Gasteiger partial charge in [-0.15, -0.1) is 0 Å². The largest absolute Gasteiger partial charge is 0.432 e. The minimum absolute atomic E-state index is 0.0177. The molecule has 34 nitrogen and oxygen atoms in total. The van der Waals surface area contributed by atoms with Gasteiger partial charge < -0.3 is 163 Å². The fourth-order valence-electron chi connectivity index (χ4n) is 20.2. The van der Waals surface area contributed by atoms with Gasteiger partial charge in [0.25, 0.3) is 0 Å². The Balaban J connectivity index is 0.742. The van der Waals surface area contributed by atoms with Crippen LogP contribution in [0.1, 0.15) is 127 Å². The summed E-state index contributed by atoms with van der Waals surface area (Å²) in [6.45, 7) is 15.4. The van der Waals surface area contributed by atoms with Crippen molar-refractivity contribution >= 4 is 5.97 Å². The van der Waals surface area contributed by atoms with E-state index in [9.17, 15) is 97.0 Å². The molecule has 4 saturated carbocycles. The van der Waals surface area contributed by atoms with Crippen LogP contribution < -0.4 is 0 Å². The highest BCUT2D eigenvalue weighted by Gasteiger charge is 2.71. The van der Waals surface area contributed by atoms with Crippen molar-refractivity contribution in [3.63, 3.8) is 0 Å². The first kappa shape index (κ1) is 81.4. The summed E-state index contributed by atoms with van der Waals surface area (Å²) in [6.07, 6.45) is -46.6. The minimum atomic E-state index is -1.93. The van der Waals surface area contributed by atoms with Crippen molar-refractivity contribution in [1.29, 1.82) is 0 Å². The fraction of sp³-hybridized carbons (Fsp3) is 0.957. The van der Waals surface area contributed by atoms with Crippen LogP contribution in [0.2, 0.25) is 0 Å². The molecule has 0 aromatic rings. The monoisotopic (exact) mass is 1500 g/mol. The smallest absolute Gasteiger partial charge is 0.315 e. The first-order valence-corrected chi connectivity index (χ1v) is 36.9. The molecule has 34 heteroatoms. The molecule has 12 rings (SSSR count). The molecule has 0 radical (unpaired) electrons. The van der Waals surface area contributed by atoms with Gasteiger partial charge in [0.05, 0.1) is 56.8 Å². The molecule has 41 atom stereocenters. The molecule has 0 spiro atoms. The van der Waals surface area contributed by atoms with E-state index in [2.05, 4.69) is 54.5 Å². The second-order valence-electron chi connectivity index (χ2n) is 33.8. The van der Waals surface area contributed by atoms with Crippen LogP contribution in [0.3, 0.4) is 0 Å². The number of carbonyl (C=O) groups excluding carboxylic acids is 1. The van der Waals surface area contributed by atoms with Crippen LogP contribution in [-0.2, 0) is 71.1 Å². The van der Waals surface area contributed by atoms with E-state index in [1.807, 2.05) is 0 Å². The Bertz CT molecular complexity index is 2950. The molecule has 0 bridgehead atoms. The summed E-state index contributed by atoms with van der Waals surface area (Å²) >= 11 is 0. The lowest BCUT2D eigenvalue weighted by atomic mass is 9.33. The molecular formula is C70H114O34. The zero-order valence-corrected chi connectivity index (χ0v) is 60.2. The van der Waals surface area contributed by atoms with E-state index in [1.54, 1.807) is 0 Å². The summed E-state index contributed by atoms with van der Waals surface area (Å²) in [5, 5.41) is 207. The molecule has 0 aromatic heterocycles. The number of carbonyl (C=O) groups is 1. The van der Waals surface area contributed by atoms with Gasteiger partial charge in [0.1, 0.15) is 146 Å². The van der Waals surface area contributed by atoms with Crippen molar-refractivity contribution in [2.45, 2.75) is 335 Å². The van der Waals surface area contributed by atoms with Crippen LogP contribution in [0.4, 0.5) is 0 Å². The van der Waals surface area contributed by atoms with Crippen molar-refractivity contribution in [3.05, 3.63) is 11.6 Å². The molecular weight excluding hydrogens is 1380 g/mol. The maximum Gasteiger partial charge on any atom is 0.315 e. The molecule has 0 aromatic carbocycles. The summed E-state index contributed by atoms with van der Waals surface area (Å²) in [5.74, 6) is -0.845. The average Bonchev–Trinajstić information content (AvgIpc) is 0.674.